The quantitative estimate of drug-likeness (QED) is 0.767. The van der Waals surface area contributed by atoms with E-state index in [2.05, 4.69) is 5.32 Å². The second kappa shape index (κ2) is 7.29. The Morgan fingerprint density at radius 1 is 1.10 bits per heavy atom. The first kappa shape index (κ1) is 14.9. The van der Waals surface area contributed by atoms with Crippen LogP contribution in [0.3, 0.4) is 0 Å². The molecular formula is C16H18ClNO2. The highest BCUT2D eigenvalue weighted by Gasteiger charge is 2.09. The summed E-state index contributed by atoms with van der Waals surface area (Å²) < 4.78 is 0. The number of aliphatic hydroxyl groups excluding tert-OH is 1. The molecule has 3 N–H and O–H groups in total. The normalized spacial score (nSPS) is 12.3. The van der Waals surface area contributed by atoms with Crippen LogP contribution in [0.2, 0.25) is 5.02 Å². The fourth-order valence-corrected chi connectivity index (χ4v) is 2.24. The van der Waals surface area contributed by atoms with E-state index in [1.165, 1.54) is 0 Å². The molecule has 0 saturated carbocycles. The van der Waals surface area contributed by atoms with E-state index in [-0.39, 0.29) is 18.4 Å². The molecule has 20 heavy (non-hydrogen) atoms. The molecule has 0 aliphatic heterocycles. The van der Waals surface area contributed by atoms with E-state index >= 15 is 0 Å². The van der Waals surface area contributed by atoms with E-state index in [0.29, 0.717) is 11.6 Å². The summed E-state index contributed by atoms with van der Waals surface area (Å²) in [6.07, 6.45) is 0.735. The van der Waals surface area contributed by atoms with Crippen molar-refractivity contribution in [2.75, 3.05) is 6.61 Å². The molecule has 0 heterocycles. The van der Waals surface area contributed by atoms with Gasteiger partial charge in [-0.25, -0.2) is 0 Å². The van der Waals surface area contributed by atoms with Gasteiger partial charge in [-0.2, -0.15) is 0 Å². The van der Waals surface area contributed by atoms with Gasteiger partial charge in [-0.1, -0.05) is 41.9 Å². The van der Waals surface area contributed by atoms with Crippen LogP contribution in [-0.2, 0) is 13.0 Å². The molecule has 0 amide bonds. The predicted octanol–water partition coefficient (Wildman–Crippen LogP) is 2.74. The number of halogens is 1. The summed E-state index contributed by atoms with van der Waals surface area (Å²) >= 11 is 5.91. The number of aromatic hydroxyl groups is 1. The highest BCUT2D eigenvalue weighted by atomic mass is 35.5. The Kier molecular flexibility index (Phi) is 5.41. The van der Waals surface area contributed by atoms with Crippen molar-refractivity contribution in [1.29, 1.82) is 0 Å². The Hall–Kier alpha value is -1.55. The van der Waals surface area contributed by atoms with Crippen molar-refractivity contribution < 1.29 is 10.2 Å². The van der Waals surface area contributed by atoms with Gasteiger partial charge in [0.2, 0.25) is 0 Å². The van der Waals surface area contributed by atoms with Crippen molar-refractivity contribution >= 4 is 11.6 Å². The van der Waals surface area contributed by atoms with Gasteiger partial charge in [-0.15, -0.1) is 0 Å². The zero-order chi connectivity index (χ0) is 14.4. The Morgan fingerprint density at radius 2 is 1.85 bits per heavy atom. The molecule has 0 aromatic heterocycles. The summed E-state index contributed by atoms with van der Waals surface area (Å²) in [4.78, 5) is 0. The number of aliphatic hydroxyl groups is 1. The SMILES string of the molecule is OC[C@H](Cc1ccccc1)NCc1cc(Cl)ccc1O. The van der Waals surface area contributed by atoms with Gasteiger partial charge in [0.05, 0.1) is 6.61 Å². The molecule has 106 valence electrons. The maximum atomic E-state index is 9.75. The Morgan fingerprint density at radius 3 is 2.55 bits per heavy atom. The molecule has 3 nitrogen and oxygen atoms in total. The van der Waals surface area contributed by atoms with Crippen molar-refractivity contribution in [3.63, 3.8) is 0 Å². The molecular weight excluding hydrogens is 274 g/mol. The van der Waals surface area contributed by atoms with Crippen molar-refractivity contribution in [2.45, 2.75) is 19.0 Å². The summed E-state index contributed by atoms with van der Waals surface area (Å²) in [5.41, 5.74) is 1.89. The molecule has 2 rings (SSSR count). The van der Waals surface area contributed by atoms with Crippen LogP contribution in [0.5, 0.6) is 5.75 Å². The lowest BCUT2D eigenvalue weighted by molar-refractivity contribution is 0.240. The summed E-state index contributed by atoms with van der Waals surface area (Å²) in [5.74, 6) is 0.207. The first-order valence-electron chi connectivity index (χ1n) is 6.54. The molecule has 0 radical (unpaired) electrons. The van der Waals surface area contributed by atoms with E-state index in [9.17, 15) is 10.2 Å². The molecule has 2 aromatic carbocycles. The molecule has 0 unspecified atom stereocenters. The minimum atomic E-state index is -0.0595. The standard InChI is InChI=1S/C16H18ClNO2/c17-14-6-7-16(20)13(9-14)10-18-15(11-19)8-12-4-2-1-3-5-12/h1-7,9,15,18-20H,8,10-11H2/t15-/m0/s1. The zero-order valence-electron chi connectivity index (χ0n) is 11.1. The fourth-order valence-electron chi connectivity index (χ4n) is 2.05. The maximum absolute atomic E-state index is 9.75. The van der Waals surface area contributed by atoms with E-state index in [4.69, 9.17) is 11.6 Å². The van der Waals surface area contributed by atoms with Crippen LogP contribution in [0.1, 0.15) is 11.1 Å². The summed E-state index contributed by atoms with van der Waals surface area (Å²) in [5, 5.41) is 23.0. The van der Waals surface area contributed by atoms with E-state index < -0.39 is 0 Å². The summed E-state index contributed by atoms with van der Waals surface area (Å²) in [6.45, 7) is 0.501. The number of rotatable bonds is 6. The van der Waals surface area contributed by atoms with Gasteiger partial charge >= 0.3 is 0 Å². The second-order valence-electron chi connectivity index (χ2n) is 4.72. The fraction of sp³-hybridized carbons (Fsp3) is 0.250. The Balaban J connectivity index is 1.95. The molecule has 0 bridgehead atoms. The second-order valence-corrected chi connectivity index (χ2v) is 5.16. The van der Waals surface area contributed by atoms with Gasteiger partial charge in [0.15, 0.2) is 0 Å². The van der Waals surface area contributed by atoms with Gasteiger partial charge in [0, 0.05) is 23.2 Å². The van der Waals surface area contributed by atoms with Gasteiger partial charge in [-0.05, 0) is 30.2 Å². The minimum absolute atomic E-state index is 0.0379. The third-order valence-corrected chi connectivity index (χ3v) is 3.40. The molecule has 0 aliphatic rings. The van der Waals surface area contributed by atoms with Crippen LogP contribution in [-0.4, -0.2) is 22.9 Å². The number of phenols is 1. The third-order valence-electron chi connectivity index (χ3n) is 3.17. The van der Waals surface area contributed by atoms with Gasteiger partial charge < -0.3 is 15.5 Å². The number of benzene rings is 2. The predicted molar refractivity (Wildman–Crippen MR) is 81.0 cm³/mol. The zero-order valence-corrected chi connectivity index (χ0v) is 11.8. The topological polar surface area (TPSA) is 52.5 Å². The lowest BCUT2D eigenvalue weighted by atomic mass is 10.1. The molecule has 1 atom stereocenters. The van der Waals surface area contributed by atoms with E-state index in [0.717, 1.165) is 17.5 Å². The lowest BCUT2D eigenvalue weighted by Gasteiger charge is -2.17. The molecule has 0 spiro atoms. The number of phenolic OH excluding ortho intramolecular Hbond substituents is 1. The number of nitrogens with one attached hydrogen (secondary N) is 1. The van der Waals surface area contributed by atoms with Crippen LogP contribution in [0.15, 0.2) is 48.5 Å². The van der Waals surface area contributed by atoms with Crippen molar-refractivity contribution in [1.82, 2.24) is 5.32 Å². The third kappa shape index (κ3) is 4.23. The molecule has 2 aromatic rings. The van der Waals surface area contributed by atoms with Crippen molar-refractivity contribution in [3.8, 4) is 5.75 Å². The Labute approximate surface area is 123 Å². The number of hydrogen-bond donors (Lipinski definition) is 3. The lowest BCUT2D eigenvalue weighted by Crippen LogP contribution is -2.34. The van der Waals surface area contributed by atoms with Gasteiger partial charge in [0.1, 0.15) is 5.75 Å². The first-order chi connectivity index (χ1) is 9.69. The average Bonchev–Trinajstić information content (AvgIpc) is 2.47. The smallest absolute Gasteiger partial charge is 0.120 e. The Bertz CT molecular complexity index is 545. The molecule has 0 fully saturated rings. The van der Waals surface area contributed by atoms with Crippen molar-refractivity contribution in [2.24, 2.45) is 0 Å². The number of hydrogen-bond acceptors (Lipinski definition) is 3. The average molecular weight is 292 g/mol. The molecule has 4 heteroatoms. The van der Waals surface area contributed by atoms with Crippen LogP contribution >= 0.6 is 11.6 Å². The molecule has 0 aliphatic carbocycles. The first-order valence-corrected chi connectivity index (χ1v) is 6.92. The molecule has 0 saturated heterocycles. The van der Waals surface area contributed by atoms with Crippen LogP contribution < -0.4 is 5.32 Å². The maximum Gasteiger partial charge on any atom is 0.120 e. The van der Waals surface area contributed by atoms with E-state index in [1.807, 2.05) is 30.3 Å². The van der Waals surface area contributed by atoms with Crippen LogP contribution in [0.25, 0.3) is 0 Å². The summed E-state index contributed by atoms with van der Waals surface area (Å²) in [7, 11) is 0. The van der Waals surface area contributed by atoms with Gasteiger partial charge in [0.25, 0.3) is 0 Å². The van der Waals surface area contributed by atoms with E-state index in [1.54, 1.807) is 18.2 Å². The van der Waals surface area contributed by atoms with Gasteiger partial charge in [-0.3, -0.25) is 0 Å². The van der Waals surface area contributed by atoms with Crippen LogP contribution in [0.4, 0.5) is 0 Å². The monoisotopic (exact) mass is 291 g/mol. The highest BCUT2D eigenvalue weighted by Crippen LogP contribution is 2.21. The minimum Gasteiger partial charge on any atom is -0.508 e. The largest absolute Gasteiger partial charge is 0.508 e. The summed E-state index contributed by atoms with van der Waals surface area (Å²) in [6, 6.07) is 14.9. The van der Waals surface area contributed by atoms with Crippen molar-refractivity contribution in [3.05, 3.63) is 64.7 Å². The van der Waals surface area contributed by atoms with Crippen LogP contribution in [0, 0.1) is 0 Å². The highest BCUT2D eigenvalue weighted by molar-refractivity contribution is 6.30.